The summed E-state index contributed by atoms with van der Waals surface area (Å²) >= 11 is 0. The summed E-state index contributed by atoms with van der Waals surface area (Å²) in [5, 5.41) is 0. The molecule has 1 nitrogen and oxygen atoms in total. The Morgan fingerprint density at radius 3 is 2.16 bits per heavy atom. The van der Waals surface area contributed by atoms with Crippen molar-refractivity contribution in [3.8, 4) is 0 Å². The molecule has 1 aromatic carbocycles. The van der Waals surface area contributed by atoms with Crippen LogP contribution in [0.5, 0.6) is 0 Å². The Labute approximate surface area is 114 Å². The zero-order chi connectivity index (χ0) is 13.4. The van der Waals surface area contributed by atoms with Crippen LogP contribution < -0.4 is 0 Å². The molecule has 1 aromatic rings. The minimum atomic E-state index is -0.258. The first kappa shape index (κ1) is 12.8. The maximum Gasteiger partial charge on any atom is 0.166 e. The Balaban J connectivity index is 1.84. The number of carbonyl (C=O) groups excluding carboxylic acids is 1. The van der Waals surface area contributed by atoms with Crippen LogP contribution in [0.1, 0.15) is 54.4 Å². The predicted molar refractivity (Wildman–Crippen MR) is 73.6 cm³/mol. The van der Waals surface area contributed by atoms with Crippen molar-refractivity contribution in [1.82, 2.24) is 0 Å². The molecule has 0 spiro atoms. The first-order valence-corrected chi connectivity index (χ1v) is 7.47. The Morgan fingerprint density at radius 2 is 1.74 bits per heavy atom. The molecule has 0 bridgehead atoms. The van der Waals surface area contributed by atoms with Gasteiger partial charge in [-0.2, -0.15) is 0 Å². The van der Waals surface area contributed by atoms with E-state index in [2.05, 4.69) is 0 Å². The normalized spacial score (nSPS) is 20.2. The highest BCUT2D eigenvalue weighted by atomic mass is 19.1. The summed E-state index contributed by atoms with van der Waals surface area (Å²) in [5.74, 6) is 1.20. The van der Waals surface area contributed by atoms with Gasteiger partial charge < -0.3 is 0 Å². The molecule has 2 aliphatic carbocycles. The van der Waals surface area contributed by atoms with Crippen molar-refractivity contribution >= 4 is 5.78 Å². The second-order valence-electron chi connectivity index (χ2n) is 6.24. The minimum Gasteiger partial charge on any atom is -0.294 e. The third-order valence-corrected chi connectivity index (χ3v) is 5.07. The third-order valence-electron chi connectivity index (χ3n) is 5.07. The predicted octanol–water partition coefficient (Wildman–Crippen LogP) is 4.53. The summed E-state index contributed by atoms with van der Waals surface area (Å²) in [4.78, 5) is 12.7. The van der Waals surface area contributed by atoms with Crippen LogP contribution in [0.25, 0.3) is 0 Å². The lowest BCUT2D eigenvalue weighted by Gasteiger charge is -2.41. The SMILES string of the molecule is Cc1ccc(C(=O)C(C2CCC2)C2CCC2)cc1F. The van der Waals surface area contributed by atoms with Crippen molar-refractivity contribution in [3.63, 3.8) is 0 Å². The number of halogens is 1. The summed E-state index contributed by atoms with van der Waals surface area (Å²) < 4.78 is 13.6. The van der Waals surface area contributed by atoms with Gasteiger partial charge in [0.05, 0.1) is 0 Å². The van der Waals surface area contributed by atoms with Gasteiger partial charge in [-0.1, -0.05) is 25.0 Å². The highest BCUT2D eigenvalue weighted by Crippen LogP contribution is 2.45. The smallest absolute Gasteiger partial charge is 0.166 e. The standard InChI is InChI=1S/C17H21FO/c1-11-8-9-14(10-15(11)18)17(19)16(12-4-2-5-12)13-6-3-7-13/h8-10,12-13,16H,2-7H2,1H3. The maximum atomic E-state index is 13.6. The zero-order valence-electron chi connectivity index (χ0n) is 11.5. The van der Waals surface area contributed by atoms with Gasteiger partial charge in [0.25, 0.3) is 0 Å². The van der Waals surface area contributed by atoms with E-state index in [9.17, 15) is 9.18 Å². The molecule has 2 fully saturated rings. The average molecular weight is 260 g/mol. The van der Waals surface area contributed by atoms with E-state index in [0.29, 0.717) is 23.0 Å². The van der Waals surface area contributed by atoms with E-state index in [1.807, 2.05) is 0 Å². The number of carbonyl (C=O) groups is 1. The molecular weight excluding hydrogens is 239 g/mol. The Morgan fingerprint density at radius 1 is 1.16 bits per heavy atom. The summed E-state index contributed by atoms with van der Waals surface area (Å²) in [5.41, 5.74) is 1.19. The van der Waals surface area contributed by atoms with E-state index < -0.39 is 0 Å². The van der Waals surface area contributed by atoms with Crippen molar-refractivity contribution in [3.05, 3.63) is 35.1 Å². The highest BCUT2D eigenvalue weighted by Gasteiger charge is 2.40. The number of hydrogen-bond acceptors (Lipinski definition) is 1. The number of Topliss-reactive ketones (excluding diaryl/α,β-unsaturated/α-hetero) is 1. The Bertz CT molecular complexity index is 472. The molecule has 0 atom stereocenters. The van der Waals surface area contributed by atoms with Crippen LogP contribution in [0.15, 0.2) is 18.2 Å². The molecule has 0 saturated heterocycles. The molecule has 0 aromatic heterocycles. The van der Waals surface area contributed by atoms with E-state index in [1.165, 1.54) is 44.6 Å². The van der Waals surface area contributed by atoms with E-state index in [1.54, 1.807) is 19.1 Å². The summed E-state index contributed by atoms with van der Waals surface area (Å²) in [6.45, 7) is 1.74. The van der Waals surface area contributed by atoms with Crippen LogP contribution in [0.3, 0.4) is 0 Å². The molecule has 0 unspecified atom stereocenters. The van der Waals surface area contributed by atoms with Gasteiger partial charge in [0, 0.05) is 11.5 Å². The molecule has 2 aliphatic rings. The monoisotopic (exact) mass is 260 g/mol. The third kappa shape index (κ3) is 2.33. The lowest BCUT2D eigenvalue weighted by molar-refractivity contribution is 0.0578. The number of hydrogen-bond donors (Lipinski definition) is 0. The largest absolute Gasteiger partial charge is 0.294 e. The van der Waals surface area contributed by atoms with Gasteiger partial charge in [0.2, 0.25) is 0 Å². The quantitative estimate of drug-likeness (QED) is 0.727. The molecular formula is C17H21FO. The number of aryl methyl sites for hydroxylation is 1. The van der Waals surface area contributed by atoms with Crippen LogP contribution in [-0.2, 0) is 0 Å². The average Bonchev–Trinajstić information content (AvgIpc) is 2.26. The molecule has 102 valence electrons. The fourth-order valence-electron chi connectivity index (χ4n) is 3.35. The highest BCUT2D eigenvalue weighted by molar-refractivity contribution is 5.98. The maximum absolute atomic E-state index is 13.6. The van der Waals surface area contributed by atoms with Gasteiger partial charge in [-0.25, -0.2) is 4.39 Å². The second-order valence-corrected chi connectivity index (χ2v) is 6.24. The Hall–Kier alpha value is -1.18. The summed E-state index contributed by atoms with van der Waals surface area (Å²) in [6.07, 6.45) is 7.23. The van der Waals surface area contributed by atoms with Crippen molar-refractivity contribution in [2.45, 2.75) is 45.4 Å². The van der Waals surface area contributed by atoms with Crippen molar-refractivity contribution in [2.75, 3.05) is 0 Å². The summed E-state index contributed by atoms with van der Waals surface area (Å²) in [6, 6.07) is 4.95. The molecule has 0 radical (unpaired) electrons. The van der Waals surface area contributed by atoms with Gasteiger partial charge in [-0.05, 0) is 56.1 Å². The van der Waals surface area contributed by atoms with E-state index in [4.69, 9.17) is 0 Å². The summed E-state index contributed by atoms with van der Waals surface area (Å²) in [7, 11) is 0. The van der Waals surface area contributed by atoms with Gasteiger partial charge in [0.15, 0.2) is 5.78 Å². The van der Waals surface area contributed by atoms with Gasteiger partial charge in [-0.3, -0.25) is 4.79 Å². The molecule has 2 heteroatoms. The first-order chi connectivity index (χ1) is 9.16. The van der Waals surface area contributed by atoms with Crippen LogP contribution >= 0.6 is 0 Å². The topological polar surface area (TPSA) is 17.1 Å². The van der Waals surface area contributed by atoms with E-state index in [0.717, 1.165) is 0 Å². The van der Waals surface area contributed by atoms with Gasteiger partial charge in [-0.15, -0.1) is 0 Å². The number of benzene rings is 1. The lowest BCUT2D eigenvalue weighted by Crippen LogP contribution is -2.37. The molecule has 0 N–H and O–H groups in total. The van der Waals surface area contributed by atoms with Gasteiger partial charge in [0.1, 0.15) is 5.82 Å². The van der Waals surface area contributed by atoms with E-state index in [-0.39, 0.29) is 17.5 Å². The molecule has 2 saturated carbocycles. The van der Waals surface area contributed by atoms with Crippen LogP contribution in [0, 0.1) is 30.5 Å². The van der Waals surface area contributed by atoms with Crippen LogP contribution in [-0.4, -0.2) is 5.78 Å². The zero-order valence-corrected chi connectivity index (χ0v) is 11.5. The number of rotatable bonds is 4. The van der Waals surface area contributed by atoms with Crippen molar-refractivity contribution < 1.29 is 9.18 Å². The first-order valence-electron chi connectivity index (χ1n) is 7.47. The minimum absolute atomic E-state index is 0.157. The number of ketones is 1. The molecule has 19 heavy (non-hydrogen) atoms. The molecule has 3 rings (SSSR count). The second kappa shape index (κ2) is 5.07. The fraction of sp³-hybridized carbons (Fsp3) is 0.588. The molecule has 0 amide bonds. The van der Waals surface area contributed by atoms with Crippen molar-refractivity contribution in [1.29, 1.82) is 0 Å². The molecule has 0 aliphatic heterocycles. The van der Waals surface area contributed by atoms with Crippen LogP contribution in [0.2, 0.25) is 0 Å². The fourth-order valence-corrected chi connectivity index (χ4v) is 3.35. The van der Waals surface area contributed by atoms with E-state index >= 15 is 0 Å². The lowest BCUT2D eigenvalue weighted by atomic mass is 9.62. The van der Waals surface area contributed by atoms with Gasteiger partial charge >= 0.3 is 0 Å². The molecule has 0 heterocycles. The van der Waals surface area contributed by atoms with Crippen molar-refractivity contribution in [2.24, 2.45) is 17.8 Å². The Kier molecular flexibility index (Phi) is 3.42. The van der Waals surface area contributed by atoms with Crippen LogP contribution in [0.4, 0.5) is 4.39 Å².